The first-order valence-corrected chi connectivity index (χ1v) is 8.83. The summed E-state index contributed by atoms with van der Waals surface area (Å²) < 4.78 is 32.8. The molecule has 0 aliphatic carbocycles. The van der Waals surface area contributed by atoms with Crippen molar-refractivity contribution in [1.82, 2.24) is 0 Å². The van der Waals surface area contributed by atoms with E-state index in [2.05, 4.69) is 6.92 Å². The molecule has 2 rings (SSSR count). The minimum atomic E-state index is -3.50. The molecule has 0 amide bonds. The summed E-state index contributed by atoms with van der Waals surface area (Å²) in [5, 5.41) is 0. The van der Waals surface area contributed by atoms with Crippen molar-refractivity contribution in [2.45, 2.75) is 20.3 Å². The number of ether oxygens (including phenoxy) is 1. The summed E-state index contributed by atoms with van der Waals surface area (Å²) in [5.74, 6) is 1.16. The first-order valence-electron chi connectivity index (χ1n) is 7.02. The molecule has 0 saturated carbocycles. The van der Waals surface area contributed by atoms with E-state index in [0.29, 0.717) is 18.8 Å². The molecule has 0 aliphatic heterocycles. The number of rotatable bonds is 6. The maximum absolute atomic E-state index is 11.1. The summed E-state index contributed by atoms with van der Waals surface area (Å²) in [6.07, 6.45) is 1.70. The SMILES string of the molecule is Cc1ccc(OCCc2cccc(OS(C)(=O)=O)c2)cc1C. The zero-order valence-corrected chi connectivity index (χ0v) is 13.8. The zero-order chi connectivity index (χ0) is 16.2. The van der Waals surface area contributed by atoms with Gasteiger partial charge < -0.3 is 8.92 Å². The van der Waals surface area contributed by atoms with Crippen molar-refractivity contribution in [2.75, 3.05) is 12.9 Å². The topological polar surface area (TPSA) is 52.6 Å². The van der Waals surface area contributed by atoms with Gasteiger partial charge in [0.05, 0.1) is 12.9 Å². The monoisotopic (exact) mass is 320 g/mol. The first-order chi connectivity index (χ1) is 10.3. The Morgan fingerprint density at radius 1 is 0.955 bits per heavy atom. The molecule has 0 aliphatic rings. The summed E-state index contributed by atoms with van der Waals surface area (Å²) in [7, 11) is -3.50. The van der Waals surface area contributed by atoms with E-state index < -0.39 is 10.1 Å². The van der Waals surface area contributed by atoms with Crippen LogP contribution < -0.4 is 8.92 Å². The lowest BCUT2D eigenvalue weighted by atomic mass is 10.1. The number of aryl methyl sites for hydroxylation is 2. The Morgan fingerprint density at radius 3 is 2.41 bits per heavy atom. The van der Waals surface area contributed by atoms with Gasteiger partial charge in [-0.25, -0.2) is 0 Å². The molecule has 0 fully saturated rings. The molecule has 0 spiro atoms. The summed E-state index contributed by atoms with van der Waals surface area (Å²) in [6, 6.07) is 13.0. The van der Waals surface area contributed by atoms with E-state index in [1.807, 2.05) is 31.2 Å². The average molecular weight is 320 g/mol. The van der Waals surface area contributed by atoms with Gasteiger partial charge in [0, 0.05) is 6.42 Å². The van der Waals surface area contributed by atoms with Gasteiger partial charge in [-0.2, -0.15) is 8.42 Å². The fourth-order valence-corrected chi connectivity index (χ4v) is 2.47. The van der Waals surface area contributed by atoms with Gasteiger partial charge in [0.15, 0.2) is 0 Å². The van der Waals surface area contributed by atoms with Gasteiger partial charge in [-0.3, -0.25) is 0 Å². The summed E-state index contributed by atoms with van der Waals surface area (Å²) in [5.41, 5.74) is 3.39. The van der Waals surface area contributed by atoms with Gasteiger partial charge in [-0.15, -0.1) is 0 Å². The largest absolute Gasteiger partial charge is 0.493 e. The average Bonchev–Trinajstić information content (AvgIpc) is 2.41. The van der Waals surface area contributed by atoms with Gasteiger partial charge in [-0.1, -0.05) is 18.2 Å². The maximum atomic E-state index is 11.1. The van der Waals surface area contributed by atoms with Crippen LogP contribution in [0.2, 0.25) is 0 Å². The van der Waals surface area contributed by atoms with Gasteiger partial charge in [0.25, 0.3) is 0 Å². The number of hydrogen-bond donors (Lipinski definition) is 0. The van der Waals surface area contributed by atoms with Crippen molar-refractivity contribution in [3.05, 3.63) is 59.2 Å². The molecule has 4 nitrogen and oxygen atoms in total. The van der Waals surface area contributed by atoms with Gasteiger partial charge >= 0.3 is 10.1 Å². The lowest BCUT2D eigenvalue weighted by Crippen LogP contribution is -2.06. The fourth-order valence-electron chi connectivity index (χ4n) is 2.02. The van der Waals surface area contributed by atoms with E-state index >= 15 is 0 Å². The van der Waals surface area contributed by atoms with E-state index in [1.165, 1.54) is 11.1 Å². The van der Waals surface area contributed by atoms with Crippen LogP contribution in [0.3, 0.4) is 0 Å². The van der Waals surface area contributed by atoms with E-state index in [1.54, 1.807) is 18.2 Å². The molecule has 0 aromatic heterocycles. The third kappa shape index (κ3) is 5.07. The van der Waals surface area contributed by atoms with E-state index in [0.717, 1.165) is 17.6 Å². The van der Waals surface area contributed by atoms with E-state index in [4.69, 9.17) is 8.92 Å². The van der Waals surface area contributed by atoms with Gasteiger partial charge in [-0.05, 0) is 54.8 Å². The summed E-state index contributed by atoms with van der Waals surface area (Å²) >= 11 is 0. The molecule has 2 aromatic rings. The predicted molar refractivity (Wildman–Crippen MR) is 87.0 cm³/mol. The maximum Gasteiger partial charge on any atom is 0.306 e. The molecule has 22 heavy (non-hydrogen) atoms. The number of hydrogen-bond acceptors (Lipinski definition) is 4. The van der Waals surface area contributed by atoms with Crippen LogP contribution in [0.15, 0.2) is 42.5 Å². The molecule has 0 saturated heterocycles. The molecule has 118 valence electrons. The highest BCUT2D eigenvalue weighted by atomic mass is 32.2. The van der Waals surface area contributed by atoms with Crippen molar-refractivity contribution >= 4 is 10.1 Å². The van der Waals surface area contributed by atoms with Crippen LogP contribution in [-0.2, 0) is 16.5 Å². The van der Waals surface area contributed by atoms with Crippen molar-refractivity contribution < 1.29 is 17.3 Å². The minimum Gasteiger partial charge on any atom is -0.493 e. The second-order valence-electron chi connectivity index (χ2n) is 5.28. The molecule has 2 aromatic carbocycles. The van der Waals surface area contributed by atoms with E-state index in [9.17, 15) is 8.42 Å². The van der Waals surface area contributed by atoms with E-state index in [-0.39, 0.29) is 0 Å². The molecule has 0 radical (unpaired) electrons. The van der Waals surface area contributed by atoms with Crippen molar-refractivity contribution in [3.63, 3.8) is 0 Å². The van der Waals surface area contributed by atoms with Gasteiger partial charge in [0.1, 0.15) is 11.5 Å². The lowest BCUT2D eigenvalue weighted by molar-refractivity contribution is 0.321. The second-order valence-corrected chi connectivity index (χ2v) is 6.85. The first kappa shape index (κ1) is 16.4. The van der Waals surface area contributed by atoms with Crippen molar-refractivity contribution in [3.8, 4) is 11.5 Å². The minimum absolute atomic E-state index is 0.325. The Hall–Kier alpha value is -2.01. The van der Waals surface area contributed by atoms with Crippen LogP contribution in [-0.4, -0.2) is 21.3 Å². The highest BCUT2D eigenvalue weighted by Gasteiger charge is 2.05. The highest BCUT2D eigenvalue weighted by Crippen LogP contribution is 2.18. The molecule has 0 heterocycles. The molecular formula is C17H20O4S. The standard InChI is InChI=1S/C17H20O4S/c1-13-7-8-16(11-14(13)2)20-10-9-15-5-4-6-17(12-15)21-22(3,18)19/h4-8,11-12H,9-10H2,1-3H3. The van der Waals surface area contributed by atoms with Crippen LogP contribution in [0.25, 0.3) is 0 Å². The van der Waals surface area contributed by atoms with Crippen LogP contribution in [0, 0.1) is 13.8 Å². The number of benzene rings is 2. The molecule has 0 N–H and O–H groups in total. The normalized spacial score (nSPS) is 11.2. The Morgan fingerprint density at radius 2 is 1.73 bits per heavy atom. The Kier molecular flexibility index (Phi) is 5.08. The molecular weight excluding hydrogens is 300 g/mol. The summed E-state index contributed by atoms with van der Waals surface area (Å²) in [4.78, 5) is 0. The van der Waals surface area contributed by atoms with Crippen LogP contribution >= 0.6 is 0 Å². The van der Waals surface area contributed by atoms with Crippen molar-refractivity contribution in [2.24, 2.45) is 0 Å². The smallest absolute Gasteiger partial charge is 0.306 e. The van der Waals surface area contributed by atoms with Gasteiger partial charge in [0.2, 0.25) is 0 Å². The Labute approximate surface area is 131 Å². The predicted octanol–water partition coefficient (Wildman–Crippen LogP) is 3.26. The second kappa shape index (κ2) is 6.83. The van der Waals surface area contributed by atoms with Crippen molar-refractivity contribution in [1.29, 1.82) is 0 Å². The third-order valence-electron chi connectivity index (χ3n) is 3.28. The quantitative estimate of drug-likeness (QED) is 0.767. The zero-order valence-electron chi connectivity index (χ0n) is 13.0. The highest BCUT2D eigenvalue weighted by molar-refractivity contribution is 7.86. The Bertz CT molecular complexity index is 751. The molecule has 0 unspecified atom stereocenters. The molecule has 5 heteroatoms. The van der Waals surface area contributed by atoms with Crippen LogP contribution in [0.4, 0.5) is 0 Å². The fraction of sp³-hybridized carbons (Fsp3) is 0.294. The molecule has 0 atom stereocenters. The summed E-state index contributed by atoms with van der Waals surface area (Å²) in [6.45, 7) is 4.63. The van der Waals surface area contributed by atoms with Crippen LogP contribution in [0.1, 0.15) is 16.7 Å². The molecule has 0 bridgehead atoms. The van der Waals surface area contributed by atoms with Crippen LogP contribution in [0.5, 0.6) is 11.5 Å². The third-order valence-corrected chi connectivity index (χ3v) is 3.78. The lowest BCUT2D eigenvalue weighted by Gasteiger charge is -2.09. The Balaban J connectivity index is 1.94.